The van der Waals surface area contributed by atoms with Crippen LogP contribution in [0, 0.1) is 5.92 Å². The normalized spacial score (nSPS) is 14.1. The van der Waals surface area contributed by atoms with Crippen LogP contribution in [0.5, 0.6) is 0 Å². The minimum atomic E-state index is -0.604. The Bertz CT molecular complexity index is 272. The molecule has 1 amide bonds. The highest BCUT2D eigenvalue weighted by atomic mass is 32.2. The zero-order valence-electron chi connectivity index (χ0n) is 11.6. The Morgan fingerprint density at radius 2 is 2.00 bits per heavy atom. The van der Waals surface area contributed by atoms with Crippen LogP contribution >= 0.6 is 11.8 Å². The third-order valence-corrected chi connectivity index (χ3v) is 3.12. The Morgan fingerprint density at radius 3 is 2.44 bits per heavy atom. The average molecular weight is 276 g/mol. The highest BCUT2D eigenvalue weighted by Crippen LogP contribution is 2.06. The number of thioether (sulfide) groups is 1. The van der Waals surface area contributed by atoms with E-state index in [1.54, 1.807) is 11.8 Å². The number of carbonyl (C=O) groups is 2. The molecule has 0 saturated carbocycles. The van der Waals surface area contributed by atoms with Crippen molar-refractivity contribution >= 4 is 23.6 Å². The van der Waals surface area contributed by atoms with Crippen LogP contribution in [-0.2, 0) is 14.3 Å². The van der Waals surface area contributed by atoms with Gasteiger partial charge in [-0.1, -0.05) is 13.8 Å². The summed E-state index contributed by atoms with van der Waals surface area (Å²) >= 11 is 1.61. The van der Waals surface area contributed by atoms with E-state index in [-0.39, 0.29) is 5.91 Å². The second-order valence-corrected chi connectivity index (χ2v) is 5.59. The summed E-state index contributed by atoms with van der Waals surface area (Å²) in [7, 11) is 1.31. The molecule has 0 heterocycles. The Hall–Kier alpha value is -0.750. The van der Waals surface area contributed by atoms with Gasteiger partial charge < -0.3 is 15.8 Å². The summed E-state index contributed by atoms with van der Waals surface area (Å²) in [6, 6.07) is -1.18. The quantitative estimate of drug-likeness (QED) is 0.640. The summed E-state index contributed by atoms with van der Waals surface area (Å²) in [6.07, 6.45) is 3.09. The van der Waals surface area contributed by atoms with Gasteiger partial charge >= 0.3 is 5.97 Å². The lowest BCUT2D eigenvalue weighted by molar-refractivity contribution is -0.145. The second-order valence-electron chi connectivity index (χ2n) is 4.60. The molecular weight excluding hydrogens is 252 g/mol. The number of amides is 1. The zero-order valence-corrected chi connectivity index (χ0v) is 12.4. The van der Waals surface area contributed by atoms with E-state index in [4.69, 9.17) is 5.73 Å². The Morgan fingerprint density at radius 1 is 1.39 bits per heavy atom. The topological polar surface area (TPSA) is 81.4 Å². The maximum absolute atomic E-state index is 11.8. The fourth-order valence-electron chi connectivity index (χ4n) is 1.52. The SMILES string of the molecule is COC(=O)C(CCSC)NC(=O)C(N)CC(C)C. The first-order chi connectivity index (χ1) is 8.42. The first kappa shape index (κ1) is 17.2. The van der Waals surface area contributed by atoms with Crippen LogP contribution in [0.2, 0.25) is 0 Å². The van der Waals surface area contributed by atoms with Crippen molar-refractivity contribution in [2.45, 2.75) is 38.8 Å². The molecule has 0 fully saturated rings. The molecule has 2 atom stereocenters. The Labute approximate surface area is 113 Å². The summed E-state index contributed by atoms with van der Waals surface area (Å²) in [5, 5.41) is 2.66. The number of nitrogens with two attached hydrogens (primary N) is 1. The summed E-state index contributed by atoms with van der Waals surface area (Å²) in [5.74, 6) is 0.405. The molecule has 2 unspecified atom stereocenters. The third kappa shape index (κ3) is 6.86. The molecule has 0 rings (SSSR count). The van der Waals surface area contributed by atoms with E-state index < -0.39 is 18.1 Å². The predicted molar refractivity (Wildman–Crippen MR) is 74.4 cm³/mol. The molecule has 0 saturated heterocycles. The van der Waals surface area contributed by atoms with E-state index in [9.17, 15) is 9.59 Å². The van der Waals surface area contributed by atoms with Gasteiger partial charge in [0.25, 0.3) is 0 Å². The summed E-state index contributed by atoms with van der Waals surface area (Å²) in [5.41, 5.74) is 5.77. The maximum atomic E-state index is 11.8. The van der Waals surface area contributed by atoms with Crippen LogP contribution < -0.4 is 11.1 Å². The number of methoxy groups -OCH3 is 1. The van der Waals surface area contributed by atoms with Gasteiger partial charge in [0.15, 0.2) is 0 Å². The summed E-state index contributed by atoms with van der Waals surface area (Å²) in [6.45, 7) is 4.00. The van der Waals surface area contributed by atoms with Crippen LogP contribution in [0.3, 0.4) is 0 Å². The van der Waals surface area contributed by atoms with E-state index >= 15 is 0 Å². The molecule has 18 heavy (non-hydrogen) atoms. The molecular formula is C12H24N2O3S. The van der Waals surface area contributed by atoms with Crippen molar-refractivity contribution < 1.29 is 14.3 Å². The van der Waals surface area contributed by atoms with Crippen molar-refractivity contribution in [3.05, 3.63) is 0 Å². The van der Waals surface area contributed by atoms with Gasteiger partial charge in [-0.15, -0.1) is 0 Å². The number of esters is 1. The molecule has 0 spiro atoms. The highest BCUT2D eigenvalue weighted by Gasteiger charge is 2.24. The monoisotopic (exact) mass is 276 g/mol. The molecule has 5 nitrogen and oxygen atoms in total. The van der Waals surface area contributed by atoms with E-state index in [0.717, 1.165) is 5.75 Å². The fourth-order valence-corrected chi connectivity index (χ4v) is 1.99. The lowest BCUT2D eigenvalue weighted by Gasteiger charge is -2.19. The van der Waals surface area contributed by atoms with Crippen molar-refractivity contribution in [1.82, 2.24) is 5.32 Å². The highest BCUT2D eigenvalue weighted by molar-refractivity contribution is 7.98. The van der Waals surface area contributed by atoms with Crippen molar-refractivity contribution in [2.75, 3.05) is 19.1 Å². The summed E-state index contributed by atoms with van der Waals surface area (Å²) < 4.78 is 4.67. The number of hydrogen-bond acceptors (Lipinski definition) is 5. The molecule has 0 bridgehead atoms. The predicted octanol–water partition coefficient (Wildman–Crippen LogP) is 0.771. The number of nitrogens with one attached hydrogen (secondary N) is 1. The second kappa shape index (κ2) is 9.22. The smallest absolute Gasteiger partial charge is 0.328 e. The van der Waals surface area contributed by atoms with Gasteiger partial charge in [0, 0.05) is 0 Å². The van der Waals surface area contributed by atoms with Crippen LogP contribution in [0.15, 0.2) is 0 Å². The van der Waals surface area contributed by atoms with Crippen molar-refractivity contribution in [3.63, 3.8) is 0 Å². The zero-order chi connectivity index (χ0) is 14.1. The van der Waals surface area contributed by atoms with Gasteiger partial charge in [-0.2, -0.15) is 11.8 Å². The van der Waals surface area contributed by atoms with Crippen LogP contribution in [0.25, 0.3) is 0 Å². The number of carbonyl (C=O) groups excluding carboxylic acids is 2. The first-order valence-electron chi connectivity index (χ1n) is 6.05. The van der Waals surface area contributed by atoms with Crippen LogP contribution in [-0.4, -0.2) is 43.1 Å². The van der Waals surface area contributed by atoms with Crippen LogP contribution in [0.1, 0.15) is 26.7 Å². The van der Waals surface area contributed by atoms with E-state index in [1.165, 1.54) is 7.11 Å². The van der Waals surface area contributed by atoms with Gasteiger partial charge in [-0.05, 0) is 30.8 Å². The minimum Gasteiger partial charge on any atom is -0.467 e. The van der Waals surface area contributed by atoms with Gasteiger partial charge in [-0.3, -0.25) is 4.79 Å². The lowest BCUT2D eigenvalue weighted by atomic mass is 10.0. The molecule has 0 aliphatic heterocycles. The van der Waals surface area contributed by atoms with Gasteiger partial charge in [0.2, 0.25) is 5.91 Å². The van der Waals surface area contributed by atoms with E-state index in [2.05, 4.69) is 10.1 Å². The number of hydrogen-bond donors (Lipinski definition) is 2. The van der Waals surface area contributed by atoms with E-state index in [1.807, 2.05) is 20.1 Å². The molecule has 106 valence electrons. The largest absolute Gasteiger partial charge is 0.467 e. The average Bonchev–Trinajstić information content (AvgIpc) is 2.32. The third-order valence-electron chi connectivity index (χ3n) is 2.47. The number of ether oxygens (including phenoxy) is 1. The molecule has 0 aromatic rings. The van der Waals surface area contributed by atoms with Crippen molar-refractivity contribution in [3.8, 4) is 0 Å². The molecule has 6 heteroatoms. The van der Waals surface area contributed by atoms with Gasteiger partial charge in [-0.25, -0.2) is 4.79 Å². The lowest BCUT2D eigenvalue weighted by Crippen LogP contribution is -2.49. The van der Waals surface area contributed by atoms with Crippen molar-refractivity contribution in [1.29, 1.82) is 0 Å². The standard InChI is InChI=1S/C12H24N2O3S/c1-8(2)7-9(13)11(15)14-10(5-6-18-4)12(16)17-3/h8-10H,5-7,13H2,1-4H3,(H,14,15). The molecule has 0 aliphatic carbocycles. The van der Waals surface area contributed by atoms with Crippen LogP contribution in [0.4, 0.5) is 0 Å². The molecule has 0 aromatic carbocycles. The minimum absolute atomic E-state index is 0.291. The Kier molecular flexibility index (Phi) is 8.83. The van der Waals surface area contributed by atoms with Crippen molar-refractivity contribution in [2.24, 2.45) is 11.7 Å². The Balaban J connectivity index is 4.37. The molecule has 0 aromatic heterocycles. The maximum Gasteiger partial charge on any atom is 0.328 e. The molecule has 0 radical (unpaired) electrons. The fraction of sp³-hybridized carbons (Fsp3) is 0.833. The number of rotatable bonds is 8. The van der Waals surface area contributed by atoms with Gasteiger partial charge in [0.1, 0.15) is 6.04 Å². The summed E-state index contributed by atoms with van der Waals surface area (Å²) in [4.78, 5) is 23.3. The van der Waals surface area contributed by atoms with Gasteiger partial charge in [0.05, 0.1) is 13.2 Å². The molecule has 0 aliphatic rings. The first-order valence-corrected chi connectivity index (χ1v) is 7.44. The molecule has 3 N–H and O–H groups in total. The van der Waals surface area contributed by atoms with E-state index in [0.29, 0.717) is 18.8 Å².